The van der Waals surface area contributed by atoms with Crippen molar-refractivity contribution in [2.75, 3.05) is 6.54 Å². The van der Waals surface area contributed by atoms with Gasteiger partial charge in [0.05, 0.1) is 10.0 Å². The van der Waals surface area contributed by atoms with Crippen LogP contribution in [-0.2, 0) is 6.61 Å². The summed E-state index contributed by atoms with van der Waals surface area (Å²) in [6.07, 6.45) is 2.87. The molecule has 25 heavy (non-hydrogen) atoms. The van der Waals surface area contributed by atoms with E-state index in [0.29, 0.717) is 28.1 Å². The summed E-state index contributed by atoms with van der Waals surface area (Å²) in [5.74, 6) is 0.423. The van der Waals surface area contributed by atoms with E-state index in [-0.39, 0.29) is 24.2 Å². The number of para-hydroxylation sites is 1. The molecule has 0 aliphatic carbocycles. The Hall–Kier alpha value is -1.76. The van der Waals surface area contributed by atoms with Crippen LogP contribution in [0.1, 0.15) is 42.4 Å². The number of ether oxygens (including phenoxy) is 1. The summed E-state index contributed by atoms with van der Waals surface area (Å²) in [5.41, 5.74) is 5.86. The highest BCUT2D eigenvalue weighted by Crippen LogP contribution is 2.32. The number of carbonyl (C=O) groups is 1. The fourth-order valence-corrected chi connectivity index (χ4v) is 2.72. The van der Waals surface area contributed by atoms with Crippen LogP contribution in [-0.4, -0.2) is 23.7 Å². The molecule has 8 heteroatoms. The first kappa shape index (κ1) is 19.6. The van der Waals surface area contributed by atoms with Crippen molar-refractivity contribution in [3.63, 3.8) is 0 Å². The molecule has 0 saturated heterocycles. The van der Waals surface area contributed by atoms with Gasteiger partial charge in [0.1, 0.15) is 6.61 Å². The lowest BCUT2D eigenvalue weighted by atomic mass is 10.1. The molecule has 0 bridgehead atoms. The predicted molar refractivity (Wildman–Crippen MR) is 97.1 cm³/mol. The fourth-order valence-electron chi connectivity index (χ4n) is 2.21. The summed E-state index contributed by atoms with van der Waals surface area (Å²) in [5, 5.41) is 7.41. The second-order valence-corrected chi connectivity index (χ2v) is 6.38. The highest BCUT2D eigenvalue weighted by molar-refractivity contribution is 6.37. The molecule has 0 saturated carbocycles. The first-order chi connectivity index (χ1) is 12.0. The zero-order valence-corrected chi connectivity index (χ0v) is 15.4. The lowest BCUT2D eigenvalue weighted by molar-refractivity contribution is 0.0926. The Bertz CT molecular complexity index is 686. The number of hydrogen-bond donors (Lipinski definition) is 2. The topological polar surface area (TPSA) is 90.4 Å². The van der Waals surface area contributed by atoms with Crippen LogP contribution in [0.5, 0.6) is 5.75 Å². The largest absolute Gasteiger partial charge is 0.482 e. The third-order valence-corrected chi connectivity index (χ3v) is 4.19. The van der Waals surface area contributed by atoms with Crippen molar-refractivity contribution in [2.24, 2.45) is 5.73 Å². The van der Waals surface area contributed by atoms with Crippen LogP contribution in [0.2, 0.25) is 10.0 Å². The number of unbranched alkanes of at least 4 members (excludes halogenated alkanes) is 1. The van der Waals surface area contributed by atoms with Gasteiger partial charge in [-0.05, 0) is 18.6 Å². The second kappa shape index (κ2) is 9.65. The first-order valence-corrected chi connectivity index (χ1v) is 8.84. The zero-order chi connectivity index (χ0) is 18.2. The molecule has 6 nitrogen and oxygen atoms in total. The molecule has 1 aromatic carbocycles. The Kier molecular flexibility index (Phi) is 7.55. The Balaban J connectivity index is 1.94. The van der Waals surface area contributed by atoms with Crippen LogP contribution >= 0.6 is 23.2 Å². The van der Waals surface area contributed by atoms with Gasteiger partial charge in [0.15, 0.2) is 17.2 Å². The lowest BCUT2D eigenvalue weighted by Crippen LogP contribution is -2.40. The minimum Gasteiger partial charge on any atom is -0.482 e. The van der Waals surface area contributed by atoms with Crippen molar-refractivity contribution in [1.82, 2.24) is 10.5 Å². The molecule has 0 aliphatic rings. The van der Waals surface area contributed by atoms with E-state index in [1.807, 2.05) is 0 Å². The molecular formula is C17H21Cl2N3O3. The molecule has 0 spiro atoms. The molecule has 1 atom stereocenters. The number of amides is 1. The van der Waals surface area contributed by atoms with Crippen LogP contribution < -0.4 is 15.8 Å². The van der Waals surface area contributed by atoms with E-state index in [4.69, 9.17) is 38.2 Å². The van der Waals surface area contributed by atoms with Crippen molar-refractivity contribution >= 4 is 29.1 Å². The number of nitrogens with one attached hydrogen (secondary N) is 1. The van der Waals surface area contributed by atoms with Crippen molar-refractivity contribution in [1.29, 1.82) is 0 Å². The molecule has 2 rings (SSSR count). The van der Waals surface area contributed by atoms with E-state index < -0.39 is 0 Å². The number of carbonyl (C=O) groups excluding carboxylic acids is 1. The van der Waals surface area contributed by atoms with E-state index in [9.17, 15) is 4.79 Å². The maximum absolute atomic E-state index is 12.2. The van der Waals surface area contributed by atoms with E-state index >= 15 is 0 Å². The number of nitrogens with two attached hydrogens (primary N) is 1. The maximum atomic E-state index is 12.2. The number of hydrogen-bond acceptors (Lipinski definition) is 5. The molecule has 1 amide bonds. The predicted octanol–water partition coefficient (Wildman–Crippen LogP) is 3.81. The van der Waals surface area contributed by atoms with Gasteiger partial charge < -0.3 is 20.3 Å². The minimum absolute atomic E-state index is 0.0554. The van der Waals surface area contributed by atoms with Gasteiger partial charge in [-0.2, -0.15) is 0 Å². The summed E-state index contributed by atoms with van der Waals surface area (Å²) in [4.78, 5) is 12.2. The van der Waals surface area contributed by atoms with Crippen molar-refractivity contribution in [2.45, 2.75) is 38.8 Å². The van der Waals surface area contributed by atoms with Gasteiger partial charge in [-0.25, -0.2) is 0 Å². The quantitative estimate of drug-likeness (QED) is 0.684. The Morgan fingerprint density at radius 1 is 1.40 bits per heavy atom. The van der Waals surface area contributed by atoms with E-state index in [1.54, 1.807) is 18.2 Å². The average Bonchev–Trinajstić information content (AvgIpc) is 3.07. The molecule has 1 unspecified atom stereocenters. The first-order valence-electron chi connectivity index (χ1n) is 8.08. The Morgan fingerprint density at radius 3 is 2.76 bits per heavy atom. The fraction of sp³-hybridized carbons (Fsp3) is 0.412. The van der Waals surface area contributed by atoms with Gasteiger partial charge in [0, 0.05) is 18.7 Å². The molecule has 0 aliphatic heterocycles. The Labute approximate surface area is 156 Å². The van der Waals surface area contributed by atoms with Gasteiger partial charge in [-0.1, -0.05) is 54.2 Å². The van der Waals surface area contributed by atoms with E-state index in [2.05, 4.69) is 17.4 Å². The highest BCUT2D eigenvalue weighted by atomic mass is 35.5. The normalized spacial score (nSPS) is 12.0. The van der Waals surface area contributed by atoms with Crippen LogP contribution in [0.25, 0.3) is 0 Å². The molecule has 1 aromatic heterocycles. The Morgan fingerprint density at radius 2 is 2.12 bits per heavy atom. The molecule has 1 heterocycles. The monoisotopic (exact) mass is 385 g/mol. The van der Waals surface area contributed by atoms with Gasteiger partial charge in [-0.15, -0.1) is 0 Å². The summed E-state index contributed by atoms with van der Waals surface area (Å²) >= 11 is 12.1. The van der Waals surface area contributed by atoms with Crippen LogP contribution in [0.3, 0.4) is 0 Å². The van der Waals surface area contributed by atoms with Crippen LogP contribution in [0, 0.1) is 0 Å². The van der Waals surface area contributed by atoms with Crippen molar-refractivity contribution in [3.05, 3.63) is 45.8 Å². The summed E-state index contributed by atoms with van der Waals surface area (Å²) in [6, 6.07) is 6.51. The van der Waals surface area contributed by atoms with Crippen LogP contribution in [0.15, 0.2) is 28.8 Å². The summed E-state index contributed by atoms with van der Waals surface area (Å²) in [7, 11) is 0. The highest BCUT2D eigenvalue weighted by Gasteiger charge is 2.17. The van der Waals surface area contributed by atoms with E-state index in [1.165, 1.54) is 6.07 Å². The SMILES string of the molecule is CCCCC(CN)NC(=O)c1cc(COc2c(Cl)cccc2Cl)on1. The van der Waals surface area contributed by atoms with Crippen molar-refractivity contribution in [3.8, 4) is 5.75 Å². The molecule has 3 N–H and O–H groups in total. The van der Waals surface area contributed by atoms with Crippen LogP contribution in [0.4, 0.5) is 0 Å². The number of halogens is 2. The van der Waals surface area contributed by atoms with Gasteiger partial charge in [0.25, 0.3) is 5.91 Å². The third-order valence-electron chi connectivity index (χ3n) is 3.60. The maximum Gasteiger partial charge on any atom is 0.273 e. The smallest absolute Gasteiger partial charge is 0.273 e. The zero-order valence-electron chi connectivity index (χ0n) is 13.9. The number of nitrogens with zero attached hydrogens (tertiary/aromatic N) is 1. The van der Waals surface area contributed by atoms with E-state index in [0.717, 1.165) is 19.3 Å². The standard InChI is InChI=1S/C17H21Cl2N3O3/c1-2-3-5-11(9-20)21-17(23)15-8-12(25-22-15)10-24-16-13(18)6-4-7-14(16)19/h4,6-8,11H,2-3,5,9-10,20H2,1H3,(H,21,23). The lowest BCUT2D eigenvalue weighted by Gasteiger charge is -2.15. The number of benzene rings is 1. The molecule has 136 valence electrons. The van der Waals surface area contributed by atoms with Gasteiger partial charge in [0.2, 0.25) is 0 Å². The average molecular weight is 386 g/mol. The molecule has 0 radical (unpaired) electrons. The summed E-state index contributed by atoms with van der Waals surface area (Å²) < 4.78 is 10.7. The third kappa shape index (κ3) is 5.63. The number of aromatic nitrogens is 1. The molecule has 0 fully saturated rings. The molecular weight excluding hydrogens is 365 g/mol. The second-order valence-electron chi connectivity index (χ2n) is 5.57. The van der Waals surface area contributed by atoms with Gasteiger partial charge >= 0.3 is 0 Å². The molecule has 2 aromatic rings. The summed E-state index contributed by atoms with van der Waals surface area (Å²) in [6.45, 7) is 2.52. The number of rotatable bonds is 9. The van der Waals surface area contributed by atoms with Crippen molar-refractivity contribution < 1.29 is 14.1 Å². The minimum atomic E-state index is -0.322. The van der Waals surface area contributed by atoms with Gasteiger partial charge in [-0.3, -0.25) is 4.79 Å².